The molecule has 0 bridgehead atoms. The van der Waals surface area contributed by atoms with Crippen LogP contribution in [0.5, 0.6) is 0 Å². The highest BCUT2D eigenvalue weighted by atomic mass is 16.2. The molecule has 0 saturated heterocycles. The Kier molecular flexibility index (Phi) is 3.89. The number of nitrogens with zero attached hydrogens (tertiary/aromatic N) is 2. The molecule has 3 aromatic rings. The molecule has 6 heteroatoms. The first-order chi connectivity index (χ1) is 12.5. The van der Waals surface area contributed by atoms with Gasteiger partial charge in [0.05, 0.1) is 18.1 Å². The molecule has 6 nitrogen and oxygen atoms in total. The van der Waals surface area contributed by atoms with Gasteiger partial charge in [-0.25, -0.2) is 0 Å². The average Bonchev–Trinajstić information content (AvgIpc) is 2.97. The Morgan fingerprint density at radius 1 is 1.23 bits per heavy atom. The summed E-state index contributed by atoms with van der Waals surface area (Å²) in [7, 11) is 0. The van der Waals surface area contributed by atoms with E-state index in [1.165, 1.54) is 0 Å². The minimum absolute atomic E-state index is 0.0832. The molecule has 2 heterocycles. The van der Waals surface area contributed by atoms with Crippen LogP contribution in [0, 0.1) is 0 Å². The first-order valence-corrected chi connectivity index (χ1v) is 8.39. The molecule has 0 radical (unpaired) electrons. The standard InChI is InChI=1S/C20H18N4O2/c1-12(21)19(25)23-15-5-4-14-11-24(20(26)17(14)10-15)16-6-7-18-13(9-16)3-2-8-22-18/h2-10,12H,11,21H2,1H3,(H,23,25)/t12-/m0/s1. The number of aromatic nitrogens is 1. The molecule has 0 unspecified atom stereocenters. The van der Waals surface area contributed by atoms with Crippen LogP contribution < -0.4 is 16.0 Å². The summed E-state index contributed by atoms with van der Waals surface area (Å²) in [6.07, 6.45) is 1.75. The van der Waals surface area contributed by atoms with E-state index in [0.717, 1.165) is 22.2 Å². The summed E-state index contributed by atoms with van der Waals surface area (Å²) < 4.78 is 0. The van der Waals surface area contributed by atoms with E-state index in [2.05, 4.69) is 10.3 Å². The van der Waals surface area contributed by atoms with E-state index in [1.54, 1.807) is 30.2 Å². The van der Waals surface area contributed by atoms with Crippen LogP contribution >= 0.6 is 0 Å². The van der Waals surface area contributed by atoms with Crippen LogP contribution in [-0.2, 0) is 11.3 Å². The van der Waals surface area contributed by atoms with Gasteiger partial charge in [0.25, 0.3) is 5.91 Å². The average molecular weight is 346 g/mol. The molecule has 0 fully saturated rings. The van der Waals surface area contributed by atoms with Crippen molar-refractivity contribution in [2.24, 2.45) is 5.73 Å². The second-order valence-electron chi connectivity index (χ2n) is 6.42. The van der Waals surface area contributed by atoms with Crippen molar-refractivity contribution in [3.05, 3.63) is 65.9 Å². The van der Waals surface area contributed by atoms with E-state index in [4.69, 9.17) is 5.73 Å². The Bertz CT molecular complexity index is 1030. The monoisotopic (exact) mass is 346 g/mol. The van der Waals surface area contributed by atoms with Crippen molar-refractivity contribution in [2.45, 2.75) is 19.5 Å². The summed E-state index contributed by atoms with van der Waals surface area (Å²) >= 11 is 0. The van der Waals surface area contributed by atoms with E-state index in [1.807, 2.05) is 36.4 Å². The number of nitrogens with one attached hydrogen (secondary N) is 1. The second kappa shape index (κ2) is 6.24. The molecule has 0 aliphatic carbocycles. The van der Waals surface area contributed by atoms with Crippen molar-refractivity contribution >= 4 is 34.1 Å². The van der Waals surface area contributed by atoms with Crippen LogP contribution in [0.25, 0.3) is 10.9 Å². The van der Waals surface area contributed by atoms with E-state index in [0.29, 0.717) is 17.8 Å². The van der Waals surface area contributed by atoms with Gasteiger partial charge in [0, 0.05) is 28.5 Å². The number of benzene rings is 2. The lowest BCUT2D eigenvalue weighted by Gasteiger charge is -2.16. The Hall–Kier alpha value is -3.25. The number of hydrogen-bond donors (Lipinski definition) is 2. The minimum atomic E-state index is -0.610. The van der Waals surface area contributed by atoms with Gasteiger partial charge in [0.1, 0.15) is 0 Å². The van der Waals surface area contributed by atoms with Crippen molar-refractivity contribution in [3.8, 4) is 0 Å². The van der Waals surface area contributed by atoms with Crippen LogP contribution in [0.3, 0.4) is 0 Å². The van der Waals surface area contributed by atoms with E-state index in [-0.39, 0.29) is 11.8 Å². The smallest absolute Gasteiger partial charge is 0.259 e. The predicted molar refractivity (Wildman–Crippen MR) is 101 cm³/mol. The van der Waals surface area contributed by atoms with Gasteiger partial charge < -0.3 is 16.0 Å². The zero-order chi connectivity index (χ0) is 18.3. The van der Waals surface area contributed by atoms with E-state index in [9.17, 15) is 9.59 Å². The first-order valence-electron chi connectivity index (χ1n) is 8.39. The third-order valence-electron chi connectivity index (χ3n) is 4.49. The molecule has 130 valence electrons. The molecule has 3 N–H and O–H groups in total. The number of rotatable bonds is 3. The molecule has 1 aromatic heterocycles. The summed E-state index contributed by atoms with van der Waals surface area (Å²) in [5.74, 6) is -0.366. The summed E-state index contributed by atoms with van der Waals surface area (Å²) in [4.78, 5) is 30.7. The molecule has 1 aliphatic heterocycles. The molecule has 1 atom stereocenters. The molecule has 2 aromatic carbocycles. The van der Waals surface area contributed by atoms with Gasteiger partial charge >= 0.3 is 0 Å². The lowest BCUT2D eigenvalue weighted by molar-refractivity contribution is -0.117. The Morgan fingerprint density at radius 2 is 2.08 bits per heavy atom. The Balaban J connectivity index is 1.64. The number of nitrogens with two attached hydrogens (primary N) is 1. The van der Waals surface area contributed by atoms with Crippen molar-refractivity contribution in [3.63, 3.8) is 0 Å². The van der Waals surface area contributed by atoms with Crippen LogP contribution in [0.4, 0.5) is 11.4 Å². The van der Waals surface area contributed by atoms with Gasteiger partial charge in [-0.05, 0) is 48.9 Å². The first kappa shape index (κ1) is 16.2. The van der Waals surface area contributed by atoms with Gasteiger partial charge in [-0.1, -0.05) is 12.1 Å². The summed E-state index contributed by atoms with van der Waals surface area (Å²) in [5, 5.41) is 3.71. The maximum atomic E-state index is 12.9. The molecule has 1 aliphatic rings. The third-order valence-corrected chi connectivity index (χ3v) is 4.49. The van der Waals surface area contributed by atoms with Crippen molar-refractivity contribution in [2.75, 3.05) is 10.2 Å². The van der Waals surface area contributed by atoms with E-state index < -0.39 is 6.04 Å². The maximum Gasteiger partial charge on any atom is 0.259 e. The van der Waals surface area contributed by atoms with Crippen LogP contribution in [0.1, 0.15) is 22.8 Å². The number of hydrogen-bond acceptors (Lipinski definition) is 4. The molecular weight excluding hydrogens is 328 g/mol. The quantitative estimate of drug-likeness (QED) is 0.763. The fourth-order valence-electron chi connectivity index (χ4n) is 3.07. The Labute approximate surface area is 150 Å². The topological polar surface area (TPSA) is 88.3 Å². The van der Waals surface area contributed by atoms with Gasteiger partial charge in [0.15, 0.2) is 0 Å². The fraction of sp³-hybridized carbons (Fsp3) is 0.150. The third kappa shape index (κ3) is 2.80. The van der Waals surface area contributed by atoms with Crippen LogP contribution in [0.2, 0.25) is 0 Å². The SMILES string of the molecule is C[C@H](N)C(=O)Nc1ccc2c(c1)C(=O)N(c1ccc3ncccc3c1)C2. The lowest BCUT2D eigenvalue weighted by Crippen LogP contribution is -2.32. The predicted octanol–water partition coefficient (Wildman–Crippen LogP) is 2.68. The van der Waals surface area contributed by atoms with Gasteiger partial charge in [-0.3, -0.25) is 14.6 Å². The zero-order valence-electron chi connectivity index (χ0n) is 14.3. The normalized spacial score (nSPS) is 14.4. The number of anilines is 2. The molecule has 0 spiro atoms. The molecular formula is C20H18N4O2. The summed E-state index contributed by atoms with van der Waals surface area (Å²) in [6, 6.07) is 14.4. The Morgan fingerprint density at radius 3 is 2.88 bits per heavy atom. The highest BCUT2D eigenvalue weighted by Gasteiger charge is 2.29. The summed E-state index contributed by atoms with van der Waals surface area (Å²) in [5.41, 5.74) is 9.39. The largest absolute Gasteiger partial charge is 0.325 e. The van der Waals surface area contributed by atoms with E-state index >= 15 is 0 Å². The fourth-order valence-corrected chi connectivity index (χ4v) is 3.07. The number of amides is 2. The number of carbonyl (C=O) groups is 2. The minimum Gasteiger partial charge on any atom is -0.325 e. The van der Waals surface area contributed by atoms with Gasteiger partial charge in [0.2, 0.25) is 5.91 Å². The number of carbonyl (C=O) groups excluding carboxylic acids is 2. The highest BCUT2D eigenvalue weighted by Crippen LogP contribution is 2.31. The zero-order valence-corrected chi connectivity index (χ0v) is 14.3. The molecule has 0 saturated carbocycles. The summed E-state index contributed by atoms with van der Waals surface area (Å²) in [6.45, 7) is 2.12. The van der Waals surface area contributed by atoms with Crippen molar-refractivity contribution in [1.82, 2.24) is 4.98 Å². The molecule has 4 rings (SSSR count). The van der Waals surface area contributed by atoms with Crippen molar-refractivity contribution < 1.29 is 9.59 Å². The van der Waals surface area contributed by atoms with Crippen molar-refractivity contribution in [1.29, 1.82) is 0 Å². The lowest BCUT2D eigenvalue weighted by atomic mass is 10.1. The van der Waals surface area contributed by atoms with Gasteiger partial charge in [-0.15, -0.1) is 0 Å². The molecule has 2 amide bonds. The van der Waals surface area contributed by atoms with Crippen LogP contribution in [-0.4, -0.2) is 22.8 Å². The molecule has 26 heavy (non-hydrogen) atoms. The second-order valence-corrected chi connectivity index (χ2v) is 6.42. The van der Waals surface area contributed by atoms with Gasteiger partial charge in [-0.2, -0.15) is 0 Å². The highest BCUT2D eigenvalue weighted by molar-refractivity contribution is 6.11. The number of pyridine rings is 1. The van der Waals surface area contributed by atoms with Crippen LogP contribution in [0.15, 0.2) is 54.7 Å². The number of fused-ring (bicyclic) bond motifs is 2. The maximum absolute atomic E-state index is 12.9.